The Hall–Kier alpha value is -2.29. The van der Waals surface area contributed by atoms with E-state index in [0.717, 1.165) is 35.5 Å². The molecular formula is C17H17NO2. The summed E-state index contributed by atoms with van der Waals surface area (Å²) in [5.74, 6) is 0.917. The van der Waals surface area contributed by atoms with E-state index in [1.54, 1.807) is 7.11 Å². The number of hydrogen-bond acceptors (Lipinski definition) is 3. The fraction of sp³-hybridized carbons (Fsp3) is 0.235. The van der Waals surface area contributed by atoms with Gasteiger partial charge in [-0.25, -0.2) is 0 Å². The number of Topliss-reactive ketones (excluding diaryl/α,β-unsaturated/α-hetero) is 1. The van der Waals surface area contributed by atoms with Gasteiger partial charge in [0.05, 0.1) is 7.11 Å². The predicted octanol–water partition coefficient (Wildman–Crippen LogP) is 3.09. The number of hydrogen-bond donors (Lipinski definition) is 1. The first-order valence-electron chi connectivity index (χ1n) is 6.79. The molecule has 3 rings (SSSR count). The van der Waals surface area contributed by atoms with Gasteiger partial charge in [-0.15, -0.1) is 0 Å². The molecular weight excluding hydrogens is 250 g/mol. The van der Waals surface area contributed by atoms with Crippen molar-refractivity contribution in [2.75, 3.05) is 19.0 Å². The van der Waals surface area contributed by atoms with Crippen molar-refractivity contribution < 1.29 is 9.53 Å². The minimum Gasteiger partial charge on any atom is -0.497 e. The van der Waals surface area contributed by atoms with Crippen LogP contribution in [0, 0.1) is 0 Å². The highest BCUT2D eigenvalue weighted by Gasteiger charge is 2.14. The molecule has 20 heavy (non-hydrogen) atoms. The lowest BCUT2D eigenvalue weighted by Crippen LogP contribution is -2.04. The Balaban J connectivity index is 1.79. The van der Waals surface area contributed by atoms with Crippen molar-refractivity contribution in [2.45, 2.75) is 12.8 Å². The van der Waals surface area contributed by atoms with Gasteiger partial charge in [0, 0.05) is 24.2 Å². The zero-order chi connectivity index (χ0) is 13.9. The molecule has 0 bridgehead atoms. The van der Waals surface area contributed by atoms with Crippen LogP contribution in [0.25, 0.3) is 0 Å². The van der Waals surface area contributed by atoms with Gasteiger partial charge in [0.15, 0.2) is 5.78 Å². The van der Waals surface area contributed by atoms with Crippen molar-refractivity contribution in [3.8, 4) is 5.75 Å². The molecule has 102 valence electrons. The number of fused-ring (bicyclic) bond motifs is 1. The number of methoxy groups -OCH3 is 1. The van der Waals surface area contributed by atoms with Crippen molar-refractivity contribution in [3.05, 3.63) is 59.2 Å². The van der Waals surface area contributed by atoms with E-state index in [1.165, 1.54) is 5.56 Å². The van der Waals surface area contributed by atoms with E-state index in [0.29, 0.717) is 6.42 Å². The SMILES string of the molecule is COc1cccc(CC(=O)c2ccc3c(c2)NCC3)c1. The lowest BCUT2D eigenvalue weighted by molar-refractivity contribution is 0.0993. The van der Waals surface area contributed by atoms with Crippen LogP contribution in [0.3, 0.4) is 0 Å². The van der Waals surface area contributed by atoms with Gasteiger partial charge in [0.25, 0.3) is 0 Å². The van der Waals surface area contributed by atoms with Crippen LogP contribution in [0.1, 0.15) is 21.5 Å². The summed E-state index contributed by atoms with van der Waals surface area (Å²) in [6.07, 6.45) is 1.44. The van der Waals surface area contributed by atoms with Gasteiger partial charge in [-0.3, -0.25) is 4.79 Å². The lowest BCUT2D eigenvalue weighted by atomic mass is 10.0. The van der Waals surface area contributed by atoms with E-state index < -0.39 is 0 Å². The number of ether oxygens (including phenoxy) is 1. The first-order chi connectivity index (χ1) is 9.76. The number of carbonyl (C=O) groups excluding carboxylic acids is 1. The maximum absolute atomic E-state index is 12.3. The van der Waals surface area contributed by atoms with Gasteiger partial charge in [-0.1, -0.05) is 24.3 Å². The number of benzene rings is 2. The summed E-state index contributed by atoms with van der Waals surface area (Å²) in [7, 11) is 1.63. The van der Waals surface area contributed by atoms with Crippen LogP contribution in [0.5, 0.6) is 5.75 Å². The van der Waals surface area contributed by atoms with Crippen LogP contribution >= 0.6 is 0 Å². The molecule has 0 radical (unpaired) electrons. The highest BCUT2D eigenvalue weighted by atomic mass is 16.5. The Morgan fingerprint density at radius 3 is 3.00 bits per heavy atom. The Bertz CT molecular complexity index is 649. The monoisotopic (exact) mass is 267 g/mol. The van der Waals surface area contributed by atoms with E-state index in [9.17, 15) is 4.79 Å². The van der Waals surface area contributed by atoms with Crippen molar-refractivity contribution >= 4 is 11.5 Å². The molecule has 2 aromatic rings. The van der Waals surface area contributed by atoms with Gasteiger partial charge in [0.2, 0.25) is 0 Å². The van der Waals surface area contributed by atoms with Crippen LogP contribution in [0.4, 0.5) is 5.69 Å². The maximum Gasteiger partial charge on any atom is 0.167 e. The molecule has 0 fully saturated rings. The summed E-state index contributed by atoms with van der Waals surface area (Å²) < 4.78 is 5.18. The highest BCUT2D eigenvalue weighted by molar-refractivity contribution is 5.98. The van der Waals surface area contributed by atoms with Crippen molar-refractivity contribution in [1.82, 2.24) is 0 Å². The molecule has 0 aromatic heterocycles. The Morgan fingerprint density at radius 2 is 2.15 bits per heavy atom. The fourth-order valence-corrected chi connectivity index (χ4v) is 2.53. The summed E-state index contributed by atoms with van der Waals surface area (Å²) in [4.78, 5) is 12.3. The second kappa shape index (κ2) is 5.37. The topological polar surface area (TPSA) is 38.3 Å². The minimum atomic E-state index is 0.134. The van der Waals surface area contributed by atoms with E-state index in [4.69, 9.17) is 4.74 Å². The third-order valence-electron chi connectivity index (χ3n) is 3.64. The molecule has 3 nitrogen and oxygen atoms in total. The van der Waals surface area contributed by atoms with Crippen molar-refractivity contribution in [2.24, 2.45) is 0 Å². The first kappa shape index (κ1) is 12.7. The van der Waals surface area contributed by atoms with Crippen LogP contribution in [-0.4, -0.2) is 19.4 Å². The molecule has 0 unspecified atom stereocenters. The summed E-state index contributed by atoms with van der Waals surface area (Å²) in [6.45, 7) is 0.961. The van der Waals surface area contributed by atoms with E-state index >= 15 is 0 Å². The standard InChI is InChI=1S/C17H17NO2/c1-20-15-4-2-3-12(9-15)10-17(19)14-6-5-13-7-8-18-16(13)11-14/h2-6,9,11,18H,7-8,10H2,1H3. The number of carbonyl (C=O) groups is 1. The summed E-state index contributed by atoms with van der Waals surface area (Å²) >= 11 is 0. The van der Waals surface area contributed by atoms with Gasteiger partial charge >= 0.3 is 0 Å². The van der Waals surface area contributed by atoms with Gasteiger partial charge in [-0.2, -0.15) is 0 Å². The lowest BCUT2D eigenvalue weighted by Gasteiger charge is -2.06. The quantitative estimate of drug-likeness (QED) is 0.865. The smallest absolute Gasteiger partial charge is 0.167 e. The number of ketones is 1. The molecule has 1 N–H and O–H groups in total. The summed E-state index contributed by atoms with van der Waals surface area (Å²) in [5, 5.41) is 3.31. The molecule has 0 amide bonds. The number of anilines is 1. The summed E-state index contributed by atoms with van der Waals surface area (Å²) in [5.41, 5.74) is 4.13. The zero-order valence-corrected chi connectivity index (χ0v) is 11.5. The van der Waals surface area contributed by atoms with Crippen LogP contribution in [0.15, 0.2) is 42.5 Å². The second-order valence-corrected chi connectivity index (χ2v) is 5.00. The molecule has 0 aliphatic carbocycles. The molecule has 0 spiro atoms. The number of nitrogens with one attached hydrogen (secondary N) is 1. The second-order valence-electron chi connectivity index (χ2n) is 5.00. The molecule has 1 aliphatic rings. The molecule has 0 saturated carbocycles. The average molecular weight is 267 g/mol. The third kappa shape index (κ3) is 2.52. The molecule has 0 saturated heterocycles. The van der Waals surface area contributed by atoms with Gasteiger partial charge in [0.1, 0.15) is 5.75 Å². The van der Waals surface area contributed by atoms with E-state index in [-0.39, 0.29) is 5.78 Å². The Morgan fingerprint density at radius 1 is 1.25 bits per heavy atom. The van der Waals surface area contributed by atoms with Crippen molar-refractivity contribution in [1.29, 1.82) is 0 Å². The molecule has 2 aromatic carbocycles. The van der Waals surface area contributed by atoms with Crippen LogP contribution < -0.4 is 10.1 Å². The summed E-state index contributed by atoms with van der Waals surface area (Å²) in [6, 6.07) is 13.6. The average Bonchev–Trinajstić information content (AvgIpc) is 2.94. The first-order valence-corrected chi connectivity index (χ1v) is 6.79. The van der Waals surface area contributed by atoms with Crippen molar-refractivity contribution in [3.63, 3.8) is 0 Å². The Kier molecular flexibility index (Phi) is 3.42. The normalized spacial score (nSPS) is 12.7. The minimum absolute atomic E-state index is 0.134. The molecule has 0 atom stereocenters. The van der Waals surface area contributed by atoms with Crippen LogP contribution in [0.2, 0.25) is 0 Å². The van der Waals surface area contributed by atoms with Gasteiger partial charge in [-0.05, 0) is 35.7 Å². The zero-order valence-electron chi connectivity index (χ0n) is 11.5. The maximum atomic E-state index is 12.3. The van der Waals surface area contributed by atoms with Gasteiger partial charge < -0.3 is 10.1 Å². The number of rotatable bonds is 4. The molecule has 3 heteroatoms. The van der Waals surface area contributed by atoms with E-state index in [1.807, 2.05) is 42.5 Å². The van der Waals surface area contributed by atoms with E-state index in [2.05, 4.69) is 5.32 Å². The third-order valence-corrected chi connectivity index (χ3v) is 3.64. The molecule has 1 heterocycles. The van der Waals surface area contributed by atoms with Crippen LogP contribution in [-0.2, 0) is 12.8 Å². The highest BCUT2D eigenvalue weighted by Crippen LogP contribution is 2.24. The predicted molar refractivity (Wildman–Crippen MR) is 79.7 cm³/mol. The molecule has 1 aliphatic heterocycles. The Labute approximate surface area is 118 Å². The largest absolute Gasteiger partial charge is 0.497 e. The fourth-order valence-electron chi connectivity index (χ4n) is 2.53.